The van der Waals surface area contributed by atoms with Crippen LogP contribution in [0.5, 0.6) is 5.75 Å². The topological polar surface area (TPSA) is 30.3 Å². The average Bonchev–Trinajstić information content (AvgIpc) is 2.69. The fourth-order valence-corrected chi connectivity index (χ4v) is 2.26. The van der Waals surface area contributed by atoms with Gasteiger partial charge < -0.3 is 9.64 Å². The number of ether oxygens (including phenoxy) is 1. The molecular formula is C12H16BrN3O. The Labute approximate surface area is 109 Å². The van der Waals surface area contributed by atoms with Gasteiger partial charge in [-0.15, -0.1) is 0 Å². The van der Waals surface area contributed by atoms with Crippen molar-refractivity contribution in [2.24, 2.45) is 0 Å². The van der Waals surface area contributed by atoms with Crippen LogP contribution in [0.25, 0.3) is 10.9 Å². The maximum atomic E-state index is 5.44. The summed E-state index contributed by atoms with van der Waals surface area (Å²) in [6.45, 7) is 1.80. The third kappa shape index (κ3) is 2.45. The quantitative estimate of drug-likeness (QED) is 0.868. The van der Waals surface area contributed by atoms with Crippen molar-refractivity contribution in [3.8, 4) is 5.75 Å². The molecule has 1 aromatic carbocycles. The van der Waals surface area contributed by atoms with Crippen molar-refractivity contribution in [1.29, 1.82) is 0 Å². The molecule has 2 rings (SSSR count). The van der Waals surface area contributed by atoms with E-state index in [1.807, 2.05) is 23.0 Å². The molecule has 0 bridgehead atoms. The minimum absolute atomic E-state index is 0.846. The highest BCUT2D eigenvalue weighted by molar-refractivity contribution is 9.10. The molecule has 4 nitrogen and oxygen atoms in total. The highest BCUT2D eigenvalue weighted by Crippen LogP contribution is 2.33. The molecule has 0 aliphatic rings. The Bertz CT molecular complexity index is 522. The van der Waals surface area contributed by atoms with Crippen LogP contribution in [0.3, 0.4) is 0 Å². The molecule has 0 saturated heterocycles. The number of aromatic nitrogens is 2. The van der Waals surface area contributed by atoms with Gasteiger partial charge in [-0.1, -0.05) is 0 Å². The second-order valence-corrected chi connectivity index (χ2v) is 5.04. The van der Waals surface area contributed by atoms with Crippen LogP contribution in [0, 0.1) is 0 Å². The fourth-order valence-electron chi connectivity index (χ4n) is 1.78. The van der Waals surface area contributed by atoms with Crippen LogP contribution in [0.2, 0.25) is 0 Å². The van der Waals surface area contributed by atoms with Gasteiger partial charge >= 0.3 is 0 Å². The molecule has 0 amide bonds. The van der Waals surface area contributed by atoms with E-state index in [4.69, 9.17) is 4.74 Å². The molecule has 1 aromatic heterocycles. The molecule has 0 saturated carbocycles. The van der Waals surface area contributed by atoms with Gasteiger partial charge in [0.25, 0.3) is 0 Å². The summed E-state index contributed by atoms with van der Waals surface area (Å²) in [4.78, 5) is 2.14. The Balaban J connectivity index is 2.46. The van der Waals surface area contributed by atoms with E-state index < -0.39 is 0 Å². The second kappa shape index (κ2) is 5.06. The van der Waals surface area contributed by atoms with Gasteiger partial charge in [0, 0.05) is 11.9 Å². The molecule has 0 spiro atoms. The van der Waals surface area contributed by atoms with E-state index in [0.717, 1.165) is 34.2 Å². The lowest BCUT2D eigenvalue weighted by atomic mass is 10.2. The van der Waals surface area contributed by atoms with Gasteiger partial charge in [0.15, 0.2) is 5.75 Å². The summed E-state index contributed by atoms with van der Waals surface area (Å²) in [5, 5.41) is 5.51. The number of hydrogen-bond donors (Lipinski definition) is 0. The third-order valence-corrected chi connectivity index (χ3v) is 3.30. The summed E-state index contributed by atoms with van der Waals surface area (Å²) < 4.78 is 8.39. The van der Waals surface area contributed by atoms with Gasteiger partial charge in [-0.25, -0.2) is 0 Å². The summed E-state index contributed by atoms with van der Waals surface area (Å²) >= 11 is 3.50. The number of nitrogens with zero attached hydrogens (tertiary/aromatic N) is 3. The Kier molecular flexibility index (Phi) is 3.69. The highest BCUT2D eigenvalue weighted by atomic mass is 79.9. The summed E-state index contributed by atoms with van der Waals surface area (Å²) in [5.74, 6) is 0.846. The lowest BCUT2D eigenvalue weighted by molar-refractivity contribution is 0.373. The van der Waals surface area contributed by atoms with Crippen molar-refractivity contribution in [3.05, 3.63) is 22.8 Å². The van der Waals surface area contributed by atoms with E-state index in [9.17, 15) is 0 Å². The molecule has 0 radical (unpaired) electrons. The van der Waals surface area contributed by atoms with E-state index in [0.29, 0.717) is 0 Å². The zero-order chi connectivity index (χ0) is 12.4. The average molecular weight is 298 g/mol. The first-order valence-electron chi connectivity index (χ1n) is 5.46. The number of benzene rings is 1. The summed E-state index contributed by atoms with van der Waals surface area (Å²) in [7, 11) is 5.79. The molecule has 0 aliphatic carbocycles. The maximum Gasteiger partial charge on any atom is 0.158 e. The molecule has 5 heteroatoms. The predicted molar refractivity (Wildman–Crippen MR) is 72.5 cm³/mol. The summed E-state index contributed by atoms with van der Waals surface area (Å²) in [5.41, 5.74) is 1.05. The van der Waals surface area contributed by atoms with E-state index >= 15 is 0 Å². The molecule has 0 fully saturated rings. The molecule has 0 aliphatic heterocycles. The first-order valence-corrected chi connectivity index (χ1v) is 6.25. The SMILES string of the molecule is COc1c(Br)ccc2cnn(CCN(C)C)c12. The minimum Gasteiger partial charge on any atom is -0.493 e. The maximum absolute atomic E-state index is 5.44. The Morgan fingerprint density at radius 1 is 1.41 bits per heavy atom. The smallest absolute Gasteiger partial charge is 0.158 e. The molecule has 0 atom stereocenters. The normalized spacial score (nSPS) is 11.4. The largest absolute Gasteiger partial charge is 0.493 e. The van der Waals surface area contributed by atoms with Gasteiger partial charge in [-0.2, -0.15) is 5.10 Å². The molecule has 0 unspecified atom stereocenters. The fraction of sp³-hybridized carbons (Fsp3) is 0.417. The van der Waals surface area contributed by atoms with Gasteiger partial charge in [-0.3, -0.25) is 4.68 Å². The lowest BCUT2D eigenvalue weighted by Gasteiger charge is -2.12. The lowest BCUT2D eigenvalue weighted by Crippen LogP contribution is -2.19. The van der Waals surface area contributed by atoms with Crippen LogP contribution in [0.4, 0.5) is 0 Å². The van der Waals surface area contributed by atoms with Crippen molar-refractivity contribution in [3.63, 3.8) is 0 Å². The van der Waals surface area contributed by atoms with Crippen LogP contribution in [0.15, 0.2) is 22.8 Å². The van der Waals surface area contributed by atoms with Crippen molar-refractivity contribution in [2.75, 3.05) is 27.7 Å². The van der Waals surface area contributed by atoms with Crippen LogP contribution >= 0.6 is 15.9 Å². The van der Waals surface area contributed by atoms with Gasteiger partial charge in [-0.05, 0) is 42.2 Å². The number of halogens is 1. The standard InChI is InChI=1S/C12H16BrN3O/c1-15(2)6-7-16-11-9(8-14-16)4-5-10(13)12(11)17-3/h4-5,8H,6-7H2,1-3H3. The molecule has 92 valence electrons. The molecule has 0 N–H and O–H groups in total. The zero-order valence-electron chi connectivity index (χ0n) is 10.3. The molecule has 17 heavy (non-hydrogen) atoms. The van der Waals surface area contributed by atoms with Crippen molar-refractivity contribution in [2.45, 2.75) is 6.54 Å². The van der Waals surface area contributed by atoms with Gasteiger partial charge in [0.1, 0.15) is 5.52 Å². The third-order valence-electron chi connectivity index (χ3n) is 2.67. The Morgan fingerprint density at radius 3 is 2.82 bits per heavy atom. The van der Waals surface area contributed by atoms with E-state index in [1.54, 1.807) is 7.11 Å². The minimum atomic E-state index is 0.846. The Morgan fingerprint density at radius 2 is 2.18 bits per heavy atom. The second-order valence-electron chi connectivity index (χ2n) is 4.19. The number of methoxy groups -OCH3 is 1. The van der Waals surface area contributed by atoms with E-state index in [1.165, 1.54) is 0 Å². The number of hydrogen-bond acceptors (Lipinski definition) is 3. The van der Waals surface area contributed by atoms with Crippen LogP contribution in [-0.2, 0) is 6.54 Å². The number of fused-ring (bicyclic) bond motifs is 1. The first kappa shape index (κ1) is 12.4. The predicted octanol–water partition coefficient (Wildman–Crippen LogP) is 2.37. The molecular weight excluding hydrogens is 282 g/mol. The van der Waals surface area contributed by atoms with Gasteiger partial charge in [0.2, 0.25) is 0 Å². The monoisotopic (exact) mass is 297 g/mol. The Hall–Kier alpha value is -1.07. The van der Waals surface area contributed by atoms with Crippen LogP contribution < -0.4 is 4.74 Å². The van der Waals surface area contributed by atoms with Gasteiger partial charge in [0.05, 0.1) is 24.3 Å². The van der Waals surface area contributed by atoms with Crippen molar-refractivity contribution < 1.29 is 4.74 Å². The summed E-state index contributed by atoms with van der Waals surface area (Å²) in [6.07, 6.45) is 1.87. The molecule has 1 heterocycles. The van der Waals surface area contributed by atoms with Crippen LogP contribution in [0.1, 0.15) is 0 Å². The van der Waals surface area contributed by atoms with Crippen molar-refractivity contribution >= 4 is 26.8 Å². The zero-order valence-corrected chi connectivity index (χ0v) is 11.9. The first-order chi connectivity index (χ1) is 8.13. The summed E-state index contributed by atoms with van der Waals surface area (Å²) in [6, 6.07) is 4.03. The van der Waals surface area contributed by atoms with Crippen LogP contribution in [-0.4, -0.2) is 42.4 Å². The van der Waals surface area contributed by atoms with E-state index in [2.05, 4.69) is 40.0 Å². The van der Waals surface area contributed by atoms with Crippen molar-refractivity contribution in [1.82, 2.24) is 14.7 Å². The highest BCUT2D eigenvalue weighted by Gasteiger charge is 2.11. The molecule has 2 aromatic rings. The number of rotatable bonds is 4. The van der Waals surface area contributed by atoms with E-state index in [-0.39, 0.29) is 0 Å². The number of likely N-dealkylation sites (N-methyl/N-ethyl adjacent to an activating group) is 1.